The van der Waals surface area contributed by atoms with Gasteiger partial charge in [-0.1, -0.05) is 12.1 Å². The number of likely N-dealkylation sites (N-methyl/N-ethyl adjacent to an activating group) is 1. The van der Waals surface area contributed by atoms with Gasteiger partial charge < -0.3 is 10.2 Å². The van der Waals surface area contributed by atoms with Gasteiger partial charge in [-0.05, 0) is 26.2 Å². The number of nitrogens with one attached hydrogen (secondary N) is 1. The summed E-state index contributed by atoms with van der Waals surface area (Å²) in [5, 5.41) is 3.16. The van der Waals surface area contributed by atoms with Gasteiger partial charge in [0, 0.05) is 27.2 Å². The van der Waals surface area contributed by atoms with Gasteiger partial charge in [0.15, 0.2) is 0 Å². The number of rotatable bonds is 6. The van der Waals surface area contributed by atoms with Gasteiger partial charge in [0.1, 0.15) is 4.90 Å². The predicted molar refractivity (Wildman–Crippen MR) is 74.4 cm³/mol. The van der Waals surface area contributed by atoms with E-state index >= 15 is 0 Å². The summed E-state index contributed by atoms with van der Waals surface area (Å²) >= 11 is 0. The predicted octanol–water partition coefficient (Wildman–Crippen LogP) is 0.910. The molecule has 0 bridgehead atoms. The van der Waals surface area contributed by atoms with Gasteiger partial charge in [0.25, 0.3) is 0 Å². The average molecular weight is 271 g/mol. The third-order valence-corrected chi connectivity index (χ3v) is 4.39. The van der Waals surface area contributed by atoms with Crippen LogP contribution >= 0.6 is 0 Å². The van der Waals surface area contributed by atoms with Crippen LogP contribution in [0.25, 0.3) is 0 Å². The molecule has 0 fully saturated rings. The number of hydrogen-bond acceptors (Lipinski definition) is 4. The molecule has 18 heavy (non-hydrogen) atoms. The molecule has 0 saturated carbocycles. The number of hydrogen-bond donors (Lipinski definition) is 1. The fourth-order valence-corrected chi connectivity index (χ4v) is 2.51. The van der Waals surface area contributed by atoms with Crippen LogP contribution in [-0.4, -0.2) is 58.9 Å². The van der Waals surface area contributed by atoms with Crippen molar-refractivity contribution in [1.82, 2.24) is 9.21 Å². The zero-order chi connectivity index (χ0) is 13.8. The second kappa shape index (κ2) is 6.17. The fourth-order valence-electron chi connectivity index (χ4n) is 1.45. The molecular formula is C12H21N3O2S. The van der Waals surface area contributed by atoms with Gasteiger partial charge in [-0.15, -0.1) is 0 Å². The molecule has 1 rings (SSSR count). The number of para-hydroxylation sites is 1. The Labute approximate surface area is 109 Å². The first-order valence-corrected chi connectivity index (χ1v) is 7.20. The summed E-state index contributed by atoms with van der Waals surface area (Å²) in [6.07, 6.45) is 0. The molecule has 0 aliphatic rings. The van der Waals surface area contributed by atoms with E-state index in [2.05, 4.69) is 5.32 Å². The Morgan fingerprint density at radius 2 is 1.72 bits per heavy atom. The van der Waals surface area contributed by atoms with Crippen LogP contribution in [0.15, 0.2) is 29.2 Å². The molecule has 0 unspecified atom stereocenters. The molecule has 0 aliphatic carbocycles. The topological polar surface area (TPSA) is 52.7 Å². The minimum atomic E-state index is -3.40. The fraction of sp³-hybridized carbons (Fsp3) is 0.500. The van der Waals surface area contributed by atoms with Crippen molar-refractivity contribution in [3.8, 4) is 0 Å². The van der Waals surface area contributed by atoms with E-state index in [0.29, 0.717) is 17.1 Å². The lowest BCUT2D eigenvalue weighted by Crippen LogP contribution is -2.25. The van der Waals surface area contributed by atoms with Gasteiger partial charge in [0.05, 0.1) is 5.69 Å². The summed E-state index contributed by atoms with van der Waals surface area (Å²) in [5.74, 6) is 0. The maximum atomic E-state index is 12.1. The monoisotopic (exact) mass is 271 g/mol. The third-order valence-electron chi connectivity index (χ3n) is 2.52. The van der Waals surface area contributed by atoms with E-state index < -0.39 is 10.0 Å². The molecule has 1 N–H and O–H groups in total. The highest BCUT2D eigenvalue weighted by Crippen LogP contribution is 2.22. The minimum absolute atomic E-state index is 0.314. The van der Waals surface area contributed by atoms with Gasteiger partial charge >= 0.3 is 0 Å². The molecule has 0 amide bonds. The lowest BCUT2D eigenvalue weighted by Gasteiger charge is -2.17. The molecule has 0 aromatic heterocycles. The molecule has 0 heterocycles. The Balaban J connectivity index is 2.94. The van der Waals surface area contributed by atoms with Crippen molar-refractivity contribution in [3.05, 3.63) is 24.3 Å². The highest BCUT2D eigenvalue weighted by molar-refractivity contribution is 7.89. The van der Waals surface area contributed by atoms with Crippen molar-refractivity contribution in [3.63, 3.8) is 0 Å². The number of sulfonamides is 1. The summed E-state index contributed by atoms with van der Waals surface area (Å²) < 4.78 is 25.5. The molecule has 6 heteroatoms. The van der Waals surface area contributed by atoms with Crippen LogP contribution in [0.4, 0.5) is 5.69 Å². The standard InChI is InChI=1S/C12H21N3O2S/c1-14(2)10-9-13-11-7-5-6-8-12(11)18(16,17)15(3)4/h5-8,13H,9-10H2,1-4H3. The molecule has 1 aromatic carbocycles. The van der Waals surface area contributed by atoms with Crippen molar-refractivity contribution >= 4 is 15.7 Å². The zero-order valence-corrected chi connectivity index (χ0v) is 12.2. The summed E-state index contributed by atoms with van der Waals surface area (Å²) in [6.45, 7) is 1.54. The normalized spacial score (nSPS) is 12.1. The Hall–Kier alpha value is -1.11. The second-order valence-electron chi connectivity index (χ2n) is 4.51. The maximum absolute atomic E-state index is 12.1. The van der Waals surface area contributed by atoms with Crippen LogP contribution in [0.2, 0.25) is 0 Å². The van der Waals surface area contributed by atoms with Crippen molar-refractivity contribution in [1.29, 1.82) is 0 Å². The second-order valence-corrected chi connectivity index (χ2v) is 6.63. The van der Waals surface area contributed by atoms with Crippen LogP contribution < -0.4 is 5.32 Å². The number of benzene rings is 1. The van der Waals surface area contributed by atoms with Gasteiger partial charge in [-0.3, -0.25) is 0 Å². The molecule has 0 radical (unpaired) electrons. The number of nitrogens with zero attached hydrogens (tertiary/aromatic N) is 2. The van der Waals surface area contributed by atoms with Crippen molar-refractivity contribution < 1.29 is 8.42 Å². The summed E-state index contributed by atoms with van der Waals surface area (Å²) in [7, 11) is 3.62. The van der Waals surface area contributed by atoms with Crippen molar-refractivity contribution in [2.24, 2.45) is 0 Å². The highest BCUT2D eigenvalue weighted by atomic mass is 32.2. The zero-order valence-electron chi connectivity index (χ0n) is 11.3. The van der Waals surface area contributed by atoms with Crippen molar-refractivity contribution in [2.45, 2.75) is 4.90 Å². The van der Waals surface area contributed by atoms with Crippen molar-refractivity contribution in [2.75, 3.05) is 46.6 Å². The first-order chi connectivity index (χ1) is 8.35. The molecule has 1 aromatic rings. The van der Waals surface area contributed by atoms with Crippen LogP contribution in [0.1, 0.15) is 0 Å². The molecule has 102 valence electrons. The summed E-state index contributed by atoms with van der Waals surface area (Å²) in [5.41, 5.74) is 0.646. The van der Waals surface area contributed by atoms with Gasteiger partial charge in [0.2, 0.25) is 10.0 Å². The molecular weight excluding hydrogens is 250 g/mol. The van der Waals surface area contributed by atoms with Crippen LogP contribution in [-0.2, 0) is 10.0 Å². The Morgan fingerprint density at radius 1 is 1.11 bits per heavy atom. The highest BCUT2D eigenvalue weighted by Gasteiger charge is 2.20. The lowest BCUT2D eigenvalue weighted by atomic mass is 10.3. The quantitative estimate of drug-likeness (QED) is 0.835. The van der Waals surface area contributed by atoms with E-state index in [0.717, 1.165) is 6.54 Å². The van der Waals surface area contributed by atoms with E-state index in [1.165, 1.54) is 18.4 Å². The largest absolute Gasteiger partial charge is 0.383 e. The average Bonchev–Trinajstić information content (AvgIpc) is 2.28. The van der Waals surface area contributed by atoms with E-state index in [1.807, 2.05) is 25.1 Å². The Bertz CT molecular complexity index is 484. The van der Waals surface area contributed by atoms with E-state index in [4.69, 9.17) is 0 Å². The third kappa shape index (κ3) is 3.69. The number of anilines is 1. The first kappa shape index (κ1) is 14.9. The summed E-state index contributed by atoms with van der Waals surface area (Å²) in [4.78, 5) is 2.35. The van der Waals surface area contributed by atoms with Crippen LogP contribution in [0, 0.1) is 0 Å². The van der Waals surface area contributed by atoms with Gasteiger partial charge in [-0.25, -0.2) is 12.7 Å². The first-order valence-electron chi connectivity index (χ1n) is 5.76. The molecule has 0 spiro atoms. The molecule has 5 nitrogen and oxygen atoms in total. The molecule has 0 atom stereocenters. The van der Waals surface area contributed by atoms with E-state index in [-0.39, 0.29) is 0 Å². The van der Waals surface area contributed by atoms with Gasteiger partial charge in [-0.2, -0.15) is 0 Å². The lowest BCUT2D eigenvalue weighted by molar-refractivity contribution is 0.425. The SMILES string of the molecule is CN(C)CCNc1ccccc1S(=O)(=O)N(C)C. The van der Waals surface area contributed by atoms with E-state index in [1.54, 1.807) is 18.2 Å². The Morgan fingerprint density at radius 3 is 2.28 bits per heavy atom. The molecule has 0 aliphatic heterocycles. The Kier molecular flexibility index (Phi) is 5.13. The van der Waals surface area contributed by atoms with Crippen LogP contribution in [0.5, 0.6) is 0 Å². The van der Waals surface area contributed by atoms with Crippen LogP contribution in [0.3, 0.4) is 0 Å². The van der Waals surface area contributed by atoms with E-state index in [9.17, 15) is 8.42 Å². The summed E-state index contributed by atoms with van der Waals surface area (Å²) in [6, 6.07) is 6.96. The smallest absolute Gasteiger partial charge is 0.244 e. The minimum Gasteiger partial charge on any atom is -0.383 e. The maximum Gasteiger partial charge on any atom is 0.244 e. The molecule has 0 saturated heterocycles.